The van der Waals surface area contributed by atoms with Crippen LogP contribution in [0.25, 0.3) is 0 Å². The van der Waals surface area contributed by atoms with Crippen LogP contribution in [-0.2, 0) is 0 Å². The summed E-state index contributed by atoms with van der Waals surface area (Å²) in [6, 6.07) is 9.56. The standard InChI is InChI=1S/C13H7BrCl2N2O2/c14-10-6-9(18(19)20)4-5-12(10)17-7-8-2-1-3-11(15)13(8)16/h1-7H. The Kier molecular flexibility index (Phi) is 4.75. The lowest BCUT2D eigenvalue weighted by atomic mass is 10.2. The fraction of sp³-hybridized carbons (Fsp3) is 0. The second kappa shape index (κ2) is 6.35. The molecule has 0 saturated heterocycles. The zero-order chi connectivity index (χ0) is 14.7. The van der Waals surface area contributed by atoms with Crippen LogP contribution in [-0.4, -0.2) is 11.1 Å². The highest BCUT2D eigenvalue weighted by molar-refractivity contribution is 9.10. The number of nitro benzene ring substituents is 1. The molecule has 0 aliphatic heterocycles. The molecule has 0 aliphatic carbocycles. The van der Waals surface area contributed by atoms with Crippen LogP contribution in [0.1, 0.15) is 5.56 Å². The van der Waals surface area contributed by atoms with E-state index in [1.807, 2.05) is 0 Å². The van der Waals surface area contributed by atoms with Crippen LogP contribution in [0.2, 0.25) is 10.0 Å². The lowest BCUT2D eigenvalue weighted by molar-refractivity contribution is -0.384. The Morgan fingerprint density at radius 2 is 2.00 bits per heavy atom. The summed E-state index contributed by atoms with van der Waals surface area (Å²) in [6.45, 7) is 0. The van der Waals surface area contributed by atoms with Gasteiger partial charge in [0.1, 0.15) is 0 Å². The topological polar surface area (TPSA) is 55.5 Å². The minimum absolute atomic E-state index is 0.00314. The number of nitrogens with zero attached hydrogens (tertiary/aromatic N) is 2. The van der Waals surface area contributed by atoms with Gasteiger partial charge in [0.05, 0.1) is 20.7 Å². The Labute approximate surface area is 133 Å². The summed E-state index contributed by atoms with van der Waals surface area (Å²) in [5.41, 5.74) is 1.23. The van der Waals surface area contributed by atoms with E-state index in [0.29, 0.717) is 25.8 Å². The lowest BCUT2D eigenvalue weighted by Crippen LogP contribution is -1.87. The first-order chi connectivity index (χ1) is 9.49. The van der Waals surface area contributed by atoms with Crippen LogP contribution in [0.4, 0.5) is 11.4 Å². The third-order valence-corrected chi connectivity index (χ3v) is 3.93. The van der Waals surface area contributed by atoms with E-state index in [2.05, 4.69) is 20.9 Å². The molecule has 0 atom stereocenters. The van der Waals surface area contributed by atoms with E-state index >= 15 is 0 Å². The average Bonchev–Trinajstić information content (AvgIpc) is 2.41. The molecule has 0 N–H and O–H groups in total. The van der Waals surface area contributed by atoms with Gasteiger partial charge in [-0.2, -0.15) is 0 Å². The highest BCUT2D eigenvalue weighted by Crippen LogP contribution is 2.30. The van der Waals surface area contributed by atoms with E-state index in [1.165, 1.54) is 12.1 Å². The van der Waals surface area contributed by atoms with Crippen molar-refractivity contribution in [2.45, 2.75) is 0 Å². The maximum atomic E-state index is 10.6. The maximum Gasteiger partial charge on any atom is 0.270 e. The lowest BCUT2D eigenvalue weighted by Gasteiger charge is -2.01. The highest BCUT2D eigenvalue weighted by atomic mass is 79.9. The number of nitro groups is 1. The van der Waals surface area contributed by atoms with E-state index in [9.17, 15) is 10.1 Å². The van der Waals surface area contributed by atoms with E-state index < -0.39 is 4.92 Å². The van der Waals surface area contributed by atoms with Crippen molar-refractivity contribution >= 4 is 56.7 Å². The van der Waals surface area contributed by atoms with Crippen LogP contribution < -0.4 is 0 Å². The van der Waals surface area contributed by atoms with Crippen molar-refractivity contribution in [2.24, 2.45) is 4.99 Å². The first kappa shape index (κ1) is 15.0. The molecule has 0 radical (unpaired) electrons. The number of aliphatic imine (C=N–C) groups is 1. The number of non-ortho nitro benzene ring substituents is 1. The van der Waals surface area contributed by atoms with Gasteiger partial charge in [0.2, 0.25) is 0 Å². The fourth-order valence-electron chi connectivity index (χ4n) is 1.47. The Bertz CT molecular complexity index is 705. The van der Waals surface area contributed by atoms with Crippen LogP contribution >= 0.6 is 39.1 Å². The number of benzene rings is 2. The summed E-state index contributed by atoms with van der Waals surface area (Å²) in [5.74, 6) is 0. The predicted molar refractivity (Wildman–Crippen MR) is 84.5 cm³/mol. The highest BCUT2D eigenvalue weighted by Gasteiger charge is 2.08. The van der Waals surface area contributed by atoms with Crippen molar-refractivity contribution < 1.29 is 4.92 Å². The molecule has 7 heteroatoms. The third-order valence-electron chi connectivity index (χ3n) is 2.47. The van der Waals surface area contributed by atoms with E-state index in [-0.39, 0.29) is 5.69 Å². The second-order valence-corrected chi connectivity index (χ2v) is 5.43. The van der Waals surface area contributed by atoms with Crippen molar-refractivity contribution in [3.05, 3.63) is 66.6 Å². The molecule has 0 saturated carbocycles. The average molecular weight is 374 g/mol. The van der Waals surface area contributed by atoms with Gasteiger partial charge >= 0.3 is 0 Å². The van der Waals surface area contributed by atoms with E-state index in [0.717, 1.165) is 0 Å². The predicted octanol–water partition coefficient (Wildman–Crippen LogP) is 5.41. The summed E-state index contributed by atoms with van der Waals surface area (Å²) in [5, 5.41) is 11.5. The van der Waals surface area contributed by atoms with Gasteiger partial charge in [-0.3, -0.25) is 15.1 Å². The van der Waals surface area contributed by atoms with Gasteiger partial charge in [0.15, 0.2) is 0 Å². The second-order valence-electron chi connectivity index (χ2n) is 3.79. The smallest absolute Gasteiger partial charge is 0.258 e. The van der Waals surface area contributed by atoms with Crippen molar-refractivity contribution in [3.63, 3.8) is 0 Å². The molecule has 2 rings (SSSR count). The van der Waals surface area contributed by atoms with Crippen molar-refractivity contribution in [2.75, 3.05) is 0 Å². The molecular formula is C13H7BrCl2N2O2. The molecule has 20 heavy (non-hydrogen) atoms. The Hall–Kier alpha value is -1.43. The molecule has 0 aliphatic rings. The van der Waals surface area contributed by atoms with E-state index in [1.54, 1.807) is 30.5 Å². The van der Waals surface area contributed by atoms with Crippen LogP contribution in [0, 0.1) is 10.1 Å². The normalized spacial score (nSPS) is 10.9. The summed E-state index contributed by atoms with van der Waals surface area (Å²) in [6.07, 6.45) is 1.56. The third kappa shape index (κ3) is 3.36. The zero-order valence-electron chi connectivity index (χ0n) is 9.89. The van der Waals surface area contributed by atoms with E-state index in [4.69, 9.17) is 23.2 Å². The molecule has 0 bridgehead atoms. The monoisotopic (exact) mass is 372 g/mol. The number of halogens is 3. The quantitative estimate of drug-likeness (QED) is 0.410. The van der Waals surface area contributed by atoms with Crippen LogP contribution in [0.3, 0.4) is 0 Å². The first-order valence-corrected chi connectivity index (χ1v) is 6.96. The molecule has 0 spiro atoms. The number of hydrogen-bond donors (Lipinski definition) is 0. The maximum absolute atomic E-state index is 10.6. The number of hydrogen-bond acceptors (Lipinski definition) is 3. The molecule has 2 aromatic carbocycles. The largest absolute Gasteiger partial charge is 0.270 e. The summed E-state index contributed by atoms with van der Waals surface area (Å²) >= 11 is 15.2. The van der Waals surface area contributed by atoms with Gasteiger partial charge in [-0.15, -0.1) is 0 Å². The molecule has 0 aromatic heterocycles. The van der Waals surface area contributed by atoms with Crippen LogP contribution in [0.15, 0.2) is 45.9 Å². The SMILES string of the molecule is O=[N+]([O-])c1ccc(N=Cc2cccc(Cl)c2Cl)c(Br)c1. The van der Waals surface area contributed by atoms with Gasteiger partial charge in [0.25, 0.3) is 5.69 Å². The van der Waals surface area contributed by atoms with Crippen molar-refractivity contribution in [1.29, 1.82) is 0 Å². The fourth-order valence-corrected chi connectivity index (χ4v) is 2.30. The minimum atomic E-state index is -0.466. The Balaban J connectivity index is 2.32. The Morgan fingerprint density at radius 3 is 2.65 bits per heavy atom. The molecule has 0 unspecified atom stereocenters. The van der Waals surface area contributed by atoms with Gasteiger partial charge in [-0.05, 0) is 28.1 Å². The molecule has 4 nitrogen and oxygen atoms in total. The van der Waals surface area contributed by atoms with Gasteiger partial charge < -0.3 is 0 Å². The van der Waals surface area contributed by atoms with Gasteiger partial charge in [-0.25, -0.2) is 0 Å². The summed E-state index contributed by atoms with van der Waals surface area (Å²) < 4.78 is 0.529. The van der Waals surface area contributed by atoms with Crippen LogP contribution in [0.5, 0.6) is 0 Å². The Morgan fingerprint density at radius 1 is 1.25 bits per heavy atom. The molecule has 102 valence electrons. The molecule has 0 fully saturated rings. The summed E-state index contributed by atoms with van der Waals surface area (Å²) in [7, 11) is 0. The molecule has 2 aromatic rings. The van der Waals surface area contributed by atoms with Crippen molar-refractivity contribution in [3.8, 4) is 0 Å². The molecule has 0 amide bonds. The van der Waals surface area contributed by atoms with Gasteiger partial charge in [0, 0.05) is 28.4 Å². The number of rotatable bonds is 3. The minimum Gasteiger partial charge on any atom is -0.258 e. The zero-order valence-corrected chi connectivity index (χ0v) is 13.0. The molecular weight excluding hydrogens is 367 g/mol. The summed E-state index contributed by atoms with van der Waals surface area (Å²) in [4.78, 5) is 14.4. The first-order valence-electron chi connectivity index (χ1n) is 5.41. The van der Waals surface area contributed by atoms with Gasteiger partial charge in [-0.1, -0.05) is 35.3 Å². The van der Waals surface area contributed by atoms with Crippen molar-refractivity contribution in [1.82, 2.24) is 0 Å². The molecule has 0 heterocycles.